The van der Waals surface area contributed by atoms with Gasteiger partial charge in [-0.2, -0.15) is 0 Å². The number of rotatable bonds is 5. The Bertz CT molecular complexity index is 336. The molecule has 0 heterocycles. The van der Waals surface area contributed by atoms with Gasteiger partial charge >= 0.3 is 0 Å². The molecule has 2 heteroatoms. The number of methoxy groups -OCH3 is 1. The number of aryl methyl sites for hydroxylation is 1. The Morgan fingerprint density at radius 1 is 1.31 bits per heavy atom. The van der Waals surface area contributed by atoms with Crippen LogP contribution in [0, 0.1) is 6.92 Å². The molecule has 0 radical (unpaired) electrons. The Balaban J connectivity index is 2.85. The van der Waals surface area contributed by atoms with Gasteiger partial charge in [-0.1, -0.05) is 19.1 Å². The highest BCUT2D eigenvalue weighted by Gasteiger charge is 2.12. The van der Waals surface area contributed by atoms with Crippen molar-refractivity contribution in [2.24, 2.45) is 0 Å². The summed E-state index contributed by atoms with van der Waals surface area (Å²) in [6, 6.07) is 7.22. The van der Waals surface area contributed by atoms with Crippen LogP contribution in [0.25, 0.3) is 0 Å². The van der Waals surface area contributed by atoms with E-state index in [-0.39, 0.29) is 0 Å². The number of benzene rings is 1. The van der Waals surface area contributed by atoms with Crippen LogP contribution in [0.5, 0.6) is 5.75 Å². The van der Waals surface area contributed by atoms with Crippen molar-refractivity contribution < 1.29 is 4.74 Å². The minimum absolute atomic E-state index is 0.325. The second-order valence-corrected chi connectivity index (χ2v) is 4.44. The molecule has 1 N–H and O–H groups in total. The topological polar surface area (TPSA) is 21.3 Å². The monoisotopic (exact) mass is 221 g/mol. The molecule has 0 saturated heterocycles. The minimum Gasteiger partial charge on any atom is -0.496 e. The molecule has 1 aromatic rings. The quantitative estimate of drug-likeness (QED) is 0.822. The summed E-state index contributed by atoms with van der Waals surface area (Å²) in [5.41, 5.74) is 2.46. The molecule has 1 rings (SSSR count). The van der Waals surface area contributed by atoms with Crippen LogP contribution < -0.4 is 10.1 Å². The summed E-state index contributed by atoms with van der Waals surface area (Å²) in [6.07, 6.45) is 1.14. The van der Waals surface area contributed by atoms with Crippen molar-refractivity contribution in [1.82, 2.24) is 5.32 Å². The summed E-state index contributed by atoms with van der Waals surface area (Å²) in [6.45, 7) is 8.66. The number of hydrogen-bond donors (Lipinski definition) is 1. The molecule has 0 amide bonds. The van der Waals surface area contributed by atoms with Crippen LogP contribution in [0.2, 0.25) is 0 Å². The predicted molar refractivity (Wildman–Crippen MR) is 69.0 cm³/mol. The zero-order chi connectivity index (χ0) is 12.1. The average molecular weight is 221 g/mol. The Hall–Kier alpha value is -1.02. The fourth-order valence-corrected chi connectivity index (χ4v) is 1.81. The van der Waals surface area contributed by atoms with Crippen LogP contribution in [0.15, 0.2) is 18.2 Å². The lowest BCUT2D eigenvalue weighted by atomic mass is 10.0. The molecule has 0 bridgehead atoms. The van der Waals surface area contributed by atoms with Crippen molar-refractivity contribution in [2.75, 3.05) is 7.11 Å². The number of nitrogens with one attached hydrogen (secondary N) is 1. The molecule has 0 aliphatic carbocycles. The van der Waals surface area contributed by atoms with Gasteiger partial charge < -0.3 is 10.1 Å². The summed E-state index contributed by atoms with van der Waals surface area (Å²) in [7, 11) is 1.73. The van der Waals surface area contributed by atoms with E-state index in [9.17, 15) is 0 Å². The maximum atomic E-state index is 5.42. The fraction of sp³-hybridized carbons (Fsp3) is 0.571. The SMILES string of the molecule is CCC(C)NC(C)c1ccc(C)cc1OC. The van der Waals surface area contributed by atoms with E-state index in [1.165, 1.54) is 11.1 Å². The molecule has 0 spiro atoms. The molecule has 2 unspecified atom stereocenters. The molecule has 2 nitrogen and oxygen atoms in total. The predicted octanol–water partition coefficient (Wildman–Crippen LogP) is 3.45. The summed E-state index contributed by atoms with van der Waals surface area (Å²) in [5.74, 6) is 0.975. The van der Waals surface area contributed by atoms with E-state index in [0.717, 1.165) is 12.2 Å². The van der Waals surface area contributed by atoms with E-state index >= 15 is 0 Å². The first-order valence-corrected chi connectivity index (χ1v) is 5.99. The van der Waals surface area contributed by atoms with Gasteiger partial charge in [0, 0.05) is 17.6 Å². The maximum absolute atomic E-state index is 5.42. The molecule has 0 aliphatic heterocycles. The van der Waals surface area contributed by atoms with Crippen LogP contribution in [-0.2, 0) is 0 Å². The summed E-state index contributed by atoms with van der Waals surface area (Å²) < 4.78 is 5.42. The maximum Gasteiger partial charge on any atom is 0.123 e. The zero-order valence-corrected chi connectivity index (χ0v) is 11.0. The van der Waals surface area contributed by atoms with Crippen LogP contribution in [0.1, 0.15) is 44.4 Å². The first-order valence-electron chi connectivity index (χ1n) is 5.99. The van der Waals surface area contributed by atoms with Gasteiger partial charge in [0.2, 0.25) is 0 Å². The van der Waals surface area contributed by atoms with Gasteiger partial charge in [0.05, 0.1) is 7.11 Å². The Kier molecular flexibility index (Phi) is 4.81. The molecule has 0 aromatic heterocycles. The van der Waals surface area contributed by atoms with E-state index in [4.69, 9.17) is 4.74 Å². The summed E-state index contributed by atoms with van der Waals surface area (Å²) in [4.78, 5) is 0. The number of hydrogen-bond acceptors (Lipinski definition) is 2. The van der Waals surface area contributed by atoms with Gasteiger partial charge in [-0.05, 0) is 38.8 Å². The van der Waals surface area contributed by atoms with E-state index < -0.39 is 0 Å². The Morgan fingerprint density at radius 2 is 2.00 bits per heavy atom. The van der Waals surface area contributed by atoms with Crippen LogP contribution in [-0.4, -0.2) is 13.2 Å². The first-order chi connectivity index (χ1) is 7.58. The Morgan fingerprint density at radius 3 is 2.56 bits per heavy atom. The van der Waals surface area contributed by atoms with Crippen molar-refractivity contribution in [1.29, 1.82) is 0 Å². The van der Waals surface area contributed by atoms with Gasteiger partial charge in [-0.3, -0.25) is 0 Å². The molecule has 90 valence electrons. The normalized spacial score (nSPS) is 14.6. The third kappa shape index (κ3) is 3.24. The lowest BCUT2D eigenvalue weighted by Crippen LogP contribution is -2.28. The molecule has 0 saturated carbocycles. The summed E-state index contributed by atoms with van der Waals surface area (Å²) >= 11 is 0. The van der Waals surface area contributed by atoms with Crippen molar-refractivity contribution in [3.8, 4) is 5.75 Å². The lowest BCUT2D eigenvalue weighted by molar-refractivity contribution is 0.394. The van der Waals surface area contributed by atoms with Crippen molar-refractivity contribution in [3.63, 3.8) is 0 Å². The molecule has 0 aliphatic rings. The van der Waals surface area contributed by atoms with Crippen LogP contribution in [0.4, 0.5) is 0 Å². The molecule has 16 heavy (non-hydrogen) atoms. The Labute approximate surface area is 99.0 Å². The van der Waals surface area contributed by atoms with Crippen molar-refractivity contribution in [2.45, 2.75) is 46.2 Å². The standard InChI is InChI=1S/C14H23NO/c1-6-11(3)15-12(4)13-8-7-10(2)9-14(13)16-5/h7-9,11-12,15H,6H2,1-5H3. The van der Waals surface area contributed by atoms with Gasteiger partial charge in [-0.15, -0.1) is 0 Å². The summed E-state index contributed by atoms with van der Waals surface area (Å²) in [5, 5.41) is 3.56. The van der Waals surface area contributed by atoms with E-state index in [2.05, 4.69) is 51.2 Å². The van der Waals surface area contributed by atoms with Gasteiger partial charge in [-0.25, -0.2) is 0 Å². The van der Waals surface area contributed by atoms with Crippen molar-refractivity contribution in [3.05, 3.63) is 29.3 Å². The molecule has 2 atom stereocenters. The second-order valence-electron chi connectivity index (χ2n) is 4.44. The molecule has 1 aromatic carbocycles. The van der Waals surface area contributed by atoms with Crippen molar-refractivity contribution >= 4 is 0 Å². The third-order valence-electron chi connectivity index (χ3n) is 3.00. The lowest BCUT2D eigenvalue weighted by Gasteiger charge is -2.21. The number of ether oxygens (including phenoxy) is 1. The highest BCUT2D eigenvalue weighted by atomic mass is 16.5. The zero-order valence-electron chi connectivity index (χ0n) is 11.0. The van der Waals surface area contributed by atoms with E-state index in [1.807, 2.05) is 0 Å². The second kappa shape index (κ2) is 5.90. The molecular formula is C14H23NO. The van der Waals surface area contributed by atoms with Gasteiger partial charge in [0.15, 0.2) is 0 Å². The highest BCUT2D eigenvalue weighted by molar-refractivity contribution is 5.39. The van der Waals surface area contributed by atoms with Gasteiger partial charge in [0.1, 0.15) is 5.75 Å². The van der Waals surface area contributed by atoms with Crippen LogP contribution >= 0.6 is 0 Å². The average Bonchev–Trinajstić information content (AvgIpc) is 2.28. The first kappa shape index (κ1) is 13.0. The van der Waals surface area contributed by atoms with E-state index in [0.29, 0.717) is 12.1 Å². The largest absolute Gasteiger partial charge is 0.496 e. The smallest absolute Gasteiger partial charge is 0.123 e. The van der Waals surface area contributed by atoms with Gasteiger partial charge in [0.25, 0.3) is 0 Å². The fourth-order valence-electron chi connectivity index (χ4n) is 1.81. The van der Waals surface area contributed by atoms with Crippen LogP contribution in [0.3, 0.4) is 0 Å². The molecule has 0 fully saturated rings. The highest BCUT2D eigenvalue weighted by Crippen LogP contribution is 2.26. The van der Waals surface area contributed by atoms with E-state index in [1.54, 1.807) is 7.11 Å². The minimum atomic E-state index is 0.325. The molecular weight excluding hydrogens is 198 g/mol. The third-order valence-corrected chi connectivity index (χ3v) is 3.00.